The predicted octanol–water partition coefficient (Wildman–Crippen LogP) is 1.61. The Morgan fingerprint density at radius 2 is 2.25 bits per heavy atom. The molecule has 0 N–H and O–H groups in total. The molecule has 0 aliphatic heterocycles. The molecular formula is C9H9NOSe. The zero-order valence-corrected chi connectivity index (χ0v) is 8.71. The number of hydrogen-bond donors (Lipinski definition) is 0. The fraction of sp³-hybridized carbons (Fsp3) is 0.222. The molecule has 1 heterocycles. The Kier molecular flexibility index (Phi) is 1.91. The fourth-order valence-electron chi connectivity index (χ4n) is 1.15. The van der Waals surface area contributed by atoms with Crippen LogP contribution in [0.2, 0.25) is 0 Å². The molecule has 0 amide bonds. The Morgan fingerprint density at radius 1 is 1.42 bits per heavy atom. The van der Waals surface area contributed by atoms with Crippen LogP contribution in [0.1, 0.15) is 4.57 Å². The zero-order chi connectivity index (χ0) is 8.55. The van der Waals surface area contributed by atoms with E-state index in [0.29, 0.717) is 14.5 Å². The summed E-state index contributed by atoms with van der Waals surface area (Å²) in [6, 6.07) is 6.05. The number of ether oxygens (including phenoxy) is 1. The van der Waals surface area contributed by atoms with Gasteiger partial charge in [-0.05, 0) is 0 Å². The van der Waals surface area contributed by atoms with Crippen molar-refractivity contribution in [1.82, 2.24) is 4.98 Å². The first-order valence-electron chi connectivity index (χ1n) is 3.71. The number of aromatic nitrogens is 1. The average molecular weight is 226 g/mol. The standard InChI is InChI=1S/C9H9NOSe/c1-6-10-8-4-3-7(11-2)5-9(8)12-6/h3-5H,1-2H3. The maximum absolute atomic E-state index is 5.13. The van der Waals surface area contributed by atoms with Crippen LogP contribution in [-0.2, 0) is 0 Å². The van der Waals surface area contributed by atoms with Crippen LogP contribution < -0.4 is 4.74 Å². The van der Waals surface area contributed by atoms with Gasteiger partial charge in [0.15, 0.2) is 0 Å². The zero-order valence-electron chi connectivity index (χ0n) is 7.00. The molecule has 0 atom stereocenters. The summed E-state index contributed by atoms with van der Waals surface area (Å²) >= 11 is 0.421. The quantitative estimate of drug-likeness (QED) is 0.689. The van der Waals surface area contributed by atoms with Gasteiger partial charge in [-0.1, -0.05) is 0 Å². The fourth-order valence-corrected chi connectivity index (χ4v) is 2.94. The molecule has 12 heavy (non-hydrogen) atoms. The van der Waals surface area contributed by atoms with Crippen molar-refractivity contribution >= 4 is 24.3 Å². The van der Waals surface area contributed by atoms with Crippen molar-refractivity contribution in [3.05, 3.63) is 22.8 Å². The van der Waals surface area contributed by atoms with E-state index in [1.54, 1.807) is 7.11 Å². The van der Waals surface area contributed by atoms with Gasteiger partial charge in [0.25, 0.3) is 0 Å². The van der Waals surface area contributed by atoms with Gasteiger partial charge in [0, 0.05) is 0 Å². The molecule has 62 valence electrons. The topological polar surface area (TPSA) is 22.1 Å². The number of hydrogen-bond acceptors (Lipinski definition) is 2. The number of nitrogens with zero attached hydrogens (tertiary/aromatic N) is 1. The molecule has 1 aromatic heterocycles. The Balaban J connectivity index is 2.66. The van der Waals surface area contributed by atoms with Crippen LogP contribution in [0.3, 0.4) is 0 Å². The van der Waals surface area contributed by atoms with E-state index in [9.17, 15) is 0 Å². The second-order valence-corrected chi connectivity index (χ2v) is 5.16. The molecule has 0 aliphatic rings. The molecule has 0 radical (unpaired) electrons. The first-order chi connectivity index (χ1) is 5.79. The van der Waals surface area contributed by atoms with E-state index in [1.807, 2.05) is 12.1 Å². The van der Waals surface area contributed by atoms with Crippen LogP contribution in [0, 0.1) is 6.92 Å². The van der Waals surface area contributed by atoms with Gasteiger partial charge in [0.2, 0.25) is 0 Å². The van der Waals surface area contributed by atoms with Gasteiger partial charge in [-0.3, -0.25) is 0 Å². The van der Waals surface area contributed by atoms with E-state index in [0.717, 1.165) is 11.3 Å². The van der Waals surface area contributed by atoms with E-state index < -0.39 is 0 Å². The molecule has 1 aromatic carbocycles. The van der Waals surface area contributed by atoms with Gasteiger partial charge in [-0.2, -0.15) is 0 Å². The van der Waals surface area contributed by atoms with Crippen LogP contribution in [0.25, 0.3) is 9.78 Å². The van der Waals surface area contributed by atoms with Gasteiger partial charge in [0.1, 0.15) is 0 Å². The summed E-state index contributed by atoms with van der Waals surface area (Å²) in [6.45, 7) is 2.08. The summed E-state index contributed by atoms with van der Waals surface area (Å²) in [5.41, 5.74) is 1.12. The summed E-state index contributed by atoms with van der Waals surface area (Å²) in [5, 5.41) is 0. The third-order valence-electron chi connectivity index (χ3n) is 1.70. The monoisotopic (exact) mass is 227 g/mol. The number of methoxy groups -OCH3 is 1. The van der Waals surface area contributed by atoms with Gasteiger partial charge in [0.05, 0.1) is 0 Å². The Labute approximate surface area is 76.9 Å². The van der Waals surface area contributed by atoms with Crippen LogP contribution in [-0.4, -0.2) is 26.6 Å². The summed E-state index contributed by atoms with van der Waals surface area (Å²) in [7, 11) is 1.69. The van der Waals surface area contributed by atoms with Crippen molar-refractivity contribution in [2.24, 2.45) is 0 Å². The van der Waals surface area contributed by atoms with E-state index in [1.165, 1.54) is 8.83 Å². The van der Waals surface area contributed by atoms with Crippen molar-refractivity contribution in [3.8, 4) is 5.75 Å². The molecule has 0 spiro atoms. The second kappa shape index (κ2) is 2.92. The molecule has 2 rings (SSSR count). The third-order valence-corrected chi connectivity index (χ3v) is 3.66. The van der Waals surface area contributed by atoms with Gasteiger partial charge in [-0.15, -0.1) is 0 Å². The molecule has 0 fully saturated rings. The van der Waals surface area contributed by atoms with Crippen molar-refractivity contribution in [1.29, 1.82) is 0 Å². The minimum atomic E-state index is 0.421. The molecule has 2 aromatic rings. The van der Waals surface area contributed by atoms with Gasteiger partial charge < -0.3 is 0 Å². The SMILES string of the molecule is COc1ccc2nc(C)[se]c2c1. The van der Waals surface area contributed by atoms with Crippen LogP contribution >= 0.6 is 0 Å². The molecule has 0 aliphatic carbocycles. The molecule has 2 nitrogen and oxygen atoms in total. The normalized spacial score (nSPS) is 10.5. The van der Waals surface area contributed by atoms with E-state index in [4.69, 9.17) is 4.74 Å². The van der Waals surface area contributed by atoms with Crippen molar-refractivity contribution in [2.75, 3.05) is 7.11 Å². The second-order valence-electron chi connectivity index (χ2n) is 2.57. The van der Waals surface area contributed by atoms with Crippen LogP contribution in [0.5, 0.6) is 5.75 Å². The summed E-state index contributed by atoms with van der Waals surface area (Å²) in [6.07, 6.45) is 0. The van der Waals surface area contributed by atoms with Crippen molar-refractivity contribution < 1.29 is 4.74 Å². The van der Waals surface area contributed by atoms with E-state index in [2.05, 4.69) is 18.0 Å². The third kappa shape index (κ3) is 1.26. The number of rotatable bonds is 1. The number of benzene rings is 1. The Hall–Kier alpha value is -0.791. The molecule has 0 bridgehead atoms. The number of fused-ring (bicyclic) bond motifs is 1. The van der Waals surface area contributed by atoms with Crippen LogP contribution in [0.4, 0.5) is 0 Å². The first kappa shape index (κ1) is 7.84. The molecule has 3 heteroatoms. The molecule has 0 saturated carbocycles. The van der Waals surface area contributed by atoms with Crippen molar-refractivity contribution in [2.45, 2.75) is 6.92 Å². The van der Waals surface area contributed by atoms with Crippen molar-refractivity contribution in [3.63, 3.8) is 0 Å². The predicted molar refractivity (Wildman–Crippen MR) is 50.0 cm³/mol. The van der Waals surface area contributed by atoms with E-state index >= 15 is 0 Å². The summed E-state index contributed by atoms with van der Waals surface area (Å²) in [5.74, 6) is 0.931. The number of aryl methyl sites for hydroxylation is 1. The van der Waals surface area contributed by atoms with Crippen LogP contribution in [0.15, 0.2) is 18.2 Å². The van der Waals surface area contributed by atoms with E-state index in [-0.39, 0.29) is 0 Å². The van der Waals surface area contributed by atoms with Gasteiger partial charge in [-0.25, -0.2) is 0 Å². The summed E-state index contributed by atoms with van der Waals surface area (Å²) < 4.78 is 7.71. The molecular weight excluding hydrogens is 217 g/mol. The summed E-state index contributed by atoms with van der Waals surface area (Å²) in [4.78, 5) is 4.42. The maximum atomic E-state index is 5.13. The average Bonchev–Trinajstić information content (AvgIpc) is 2.43. The Bertz CT molecular complexity index is 408. The molecule has 0 unspecified atom stereocenters. The minimum absolute atomic E-state index is 0.421. The first-order valence-corrected chi connectivity index (χ1v) is 5.42. The molecule has 0 saturated heterocycles. The van der Waals surface area contributed by atoms with Gasteiger partial charge >= 0.3 is 76.6 Å². The Morgan fingerprint density at radius 3 is 3.00 bits per heavy atom.